The third kappa shape index (κ3) is 3.23. The zero-order chi connectivity index (χ0) is 11.4. The van der Waals surface area contributed by atoms with Crippen molar-refractivity contribution in [2.45, 2.75) is 83.7 Å². The van der Waals surface area contributed by atoms with Crippen LogP contribution < -0.4 is 5.32 Å². The summed E-state index contributed by atoms with van der Waals surface area (Å²) in [6.07, 6.45) is 13.1. The monoisotopic (exact) mass is 223 g/mol. The second-order valence-corrected chi connectivity index (χ2v) is 6.14. The number of rotatable bonds is 4. The van der Waals surface area contributed by atoms with Gasteiger partial charge in [-0.3, -0.25) is 0 Å². The molecule has 1 N–H and O–H groups in total. The Morgan fingerprint density at radius 2 is 1.81 bits per heavy atom. The standard InChI is InChI=1S/C15H29N/c1-3-13-9-10-15(11-13)16-12(2)14-7-5-4-6-8-14/h12-16H,3-11H2,1-2H3. The Morgan fingerprint density at radius 1 is 1.06 bits per heavy atom. The van der Waals surface area contributed by atoms with Gasteiger partial charge in [0.2, 0.25) is 0 Å². The first-order chi connectivity index (χ1) is 7.79. The highest BCUT2D eigenvalue weighted by Gasteiger charge is 2.27. The van der Waals surface area contributed by atoms with Gasteiger partial charge in [-0.05, 0) is 50.9 Å². The molecule has 94 valence electrons. The highest BCUT2D eigenvalue weighted by molar-refractivity contribution is 4.84. The molecule has 0 bridgehead atoms. The van der Waals surface area contributed by atoms with Gasteiger partial charge in [0.25, 0.3) is 0 Å². The minimum atomic E-state index is 0.765. The number of hydrogen-bond acceptors (Lipinski definition) is 1. The summed E-state index contributed by atoms with van der Waals surface area (Å²) < 4.78 is 0. The van der Waals surface area contributed by atoms with Crippen LogP contribution in [0.25, 0.3) is 0 Å². The molecule has 0 aromatic heterocycles. The van der Waals surface area contributed by atoms with Gasteiger partial charge in [-0.15, -0.1) is 0 Å². The van der Waals surface area contributed by atoms with E-state index in [0.717, 1.165) is 23.9 Å². The smallest absolute Gasteiger partial charge is 0.00723 e. The van der Waals surface area contributed by atoms with Crippen molar-refractivity contribution in [3.05, 3.63) is 0 Å². The van der Waals surface area contributed by atoms with Gasteiger partial charge >= 0.3 is 0 Å². The maximum Gasteiger partial charge on any atom is 0.00723 e. The van der Waals surface area contributed by atoms with Crippen molar-refractivity contribution in [1.29, 1.82) is 0 Å². The van der Waals surface area contributed by atoms with E-state index >= 15 is 0 Å². The summed E-state index contributed by atoms with van der Waals surface area (Å²) in [6.45, 7) is 4.77. The SMILES string of the molecule is CCC1CCC(NC(C)C2CCCCC2)C1. The van der Waals surface area contributed by atoms with Gasteiger partial charge < -0.3 is 5.32 Å². The summed E-state index contributed by atoms with van der Waals surface area (Å²) in [5, 5.41) is 3.91. The van der Waals surface area contributed by atoms with E-state index in [9.17, 15) is 0 Å². The normalized spacial score (nSPS) is 34.1. The minimum absolute atomic E-state index is 0.765. The van der Waals surface area contributed by atoms with Crippen LogP contribution in [0.15, 0.2) is 0 Å². The Balaban J connectivity index is 1.72. The second kappa shape index (κ2) is 6.05. The summed E-state index contributed by atoms with van der Waals surface area (Å²) in [4.78, 5) is 0. The van der Waals surface area contributed by atoms with Crippen LogP contribution >= 0.6 is 0 Å². The molecule has 2 rings (SSSR count). The van der Waals surface area contributed by atoms with E-state index in [4.69, 9.17) is 0 Å². The van der Waals surface area contributed by atoms with Gasteiger partial charge in [0, 0.05) is 12.1 Å². The Morgan fingerprint density at radius 3 is 2.44 bits per heavy atom. The molecule has 0 aliphatic heterocycles. The van der Waals surface area contributed by atoms with Crippen LogP contribution in [0.4, 0.5) is 0 Å². The van der Waals surface area contributed by atoms with Gasteiger partial charge in [-0.1, -0.05) is 32.6 Å². The maximum absolute atomic E-state index is 3.91. The number of nitrogens with one attached hydrogen (secondary N) is 1. The van der Waals surface area contributed by atoms with E-state index in [0.29, 0.717) is 0 Å². The first-order valence-corrected chi connectivity index (χ1v) is 7.55. The van der Waals surface area contributed by atoms with Crippen LogP contribution in [0.5, 0.6) is 0 Å². The zero-order valence-electron chi connectivity index (χ0n) is 11.2. The summed E-state index contributed by atoms with van der Waals surface area (Å²) >= 11 is 0. The first-order valence-electron chi connectivity index (χ1n) is 7.55. The van der Waals surface area contributed by atoms with Crippen LogP contribution in [0, 0.1) is 11.8 Å². The van der Waals surface area contributed by atoms with E-state index in [2.05, 4.69) is 19.2 Å². The lowest BCUT2D eigenvalue weighted by atomic mass is 9.84. The topological polar surface area (TPSA) is 12.0 Å². The van der Waals surface area contributed by atoms with E-state index in [1.54, 1.807) is 0 Å². The highest BCUT2D eigenvalue weighted by Crippen LogP contribution is 2.31. The van der Waals surface area contributed by atoms with Gasteiger partial charge in [-0.2, -0.15) is 0 Å². The maximum atomic E-state index is 3.91. The van der Waals surface area contributed by atoms with E-state index in [1.165, 1.54) is 57.8 Å². The lowest BCUT2D eigenvalue weighted by molar-refractivity contribution is 0.262. The van der Waals surface area contributed by atoms with Gasteiger partial charge in [0.05, 0.1) is 0 Å². The molecule has 0 spiro atoms. The molecule has 1 nitrogen and oxygen atoms in total. The van der Waals surface area contributed by atoms with Crippen LogP contribution in [-0.2, 0) is 0 Å². The fraction of sp³-hybridized carbons (Fsp3) is 1.00. The largest absolute Gasteiger partial charge is 0.311 e. The van der Waals surface area contributed by atoms with Crippen LogP contribution in [0.3, 0.4) is 0 Å². The number of hydrogen-bond donors (Lipinski definition) is 1. The van der Waals surface area contributed by atoms with Crippen molar-refractivity contribution in [3.8, 4) is 0 Å². The lowest BCUT2D eigenvalue weighted by Gasteiger charge is -2.30. The molecule has 0 heterocycles. The van der Waals surface area contributed by atoms with Crippen LogP contribution in [0.1, 0.15) is 71.6 Å². The van der Waals surface area contributed by atoms with Crippen molar-refractivity contribution in [3.63, 3.8) is 0 Å². The van der Waals surface area contributed by atoms with Crippen LogP contribution in [-0.4, -0.2) is 12.1 Å². The van der Waals surface area contributed by atoms with Gasteiger partial charge in [0.15, 0.2) is 0 Å². The summed E-state index contributed by atoms with van der Waals surface area (Å²) in [5.41, 5.74) is 0. The third-order valence-electron chi connectivity index (χ3n) is 4.97. The van der Waals surface area contributed by atoms with E-state index in [1.807, 2.05) is 0 Å². The average molecular weight is 223 g/mol. The fourth-order valence-electron chi connectivity index (χ4n) is 3.74. The molecule has 2 aliphatic rings. The Labute approximate surface area is 101 Å². The minimum Gasteiger partial charge on any atom is -0.311 e. The molecule has 2 aliphatic carbocycles. The van der Waals surface area contributed by atoms with Crippen molar-refractivity contribution < 1.29 is 0 Å². The fourth-order valence-corrected chi connectivity index (χ4v) is 3.74. The zero-order valence-corrected chi connectivity index (χ0v) is 11.2. The van der Waals surface area contributed by atoms with Crippen molar-refractivity contribution in [2.24, 2.45) is 11.8 Å². The Hall–Kier alpha value is -0.0400. The van der Waals surface area contributed by atoms with Crippen molar-refractivity contribution in [1.82, 2.24) is 5.32 Å². The summed E-state index contributed by atoms with van der Waals surface area (Å²) in [5.74, 6) is 1.98. The second-order valence-electron chi connectivity index (χ2n) is 6.14. The first kappa shape index (κ1) is 12.4. The highest BCUT2D eigenvalue weighted by atomic mass is 15.0. The Kier molecular flexibility index (Phi) is 4.69. The predicted octanol–water partition coefficient (Wildman–Crippen LogP) is 4.12. The van der Waals surface area contributed by atoms with Gasteiger partial charge in [0.1, 0.15) is 0 Å². The average Bonchev–Trinajstić information content (AvgIpc) is 2.78. The lowest BCUT2D eigenvalue weighted by Crippen LogP contribution is -2.40. The van der Waals surface area contributed by atoms with E-state index in [-0.39, 0.29) is 0 Å². The van der Waals surface area contributed by atoms with Crippen molar-refractivity contribution in [2.75, 3.05) is 0 Å². The predicted molar refractivity (Wildman–Crippen MR) is 70.6 cm³/mol. The molecule has 3 unspecified atom stereocenters. The molecule has 2 saturated carbocycles. The third-order valence-corrected chi connectivity index (χ3v) is 4.97. The molecule has 0 amide bonds. The van der Waals surface area contributed by atoms with Crippen LogP contribution in [0.2, 0.25) is 0 Å². The van der Waals surface area contributed by atoms with Crippen molar-refractivity contribution >= 4 is 0 Å². The quantitative estimate of drug-likeness (QED) is 0.756. The summed E-state index contributed by atoms with van der Waals surface area (Å²) in [6, 6.07) is 1.60. The molecule has 0 radical (unpaired) electrons. The molecular weight excluding hydrogens is 194 g/mol. The molecule has 2 fully saturated rings. The molecular formula is C15H29N. The molecule has 1 heteroatoms. The molecule has 0 aromatic rings. The molecule has 16 heavy (non-hydrogen) atoms. The molecule has 0 saturated heterocycles. The molecule has 0 aromatic carbocycles. The van der Waals surface area contributed by atoms with Gasteiger partial charge in [-0.25, -0.2) is 0 Å². The molecule has 3 atom stereocenters. The summed E-state index contributed by atoms with van der Waals surface area (Å²) in [7, 11) is 0. The Bertz CT molecular complexity index is 196. The van der Waals surface area contributed by atoms with E-state index < -0.39 is 0 Å².